The molecule has 2 N–H and O–H groups in total. The molecule has 4 aliphatic carbocycles. The lowest BCUT2D eigenvalue weighted by Crippen LogP contribution is -2.55. The van der Waals surface area contributed by atoms with Gasteiger partial charge in [-0.3, -0.25) is 0 Å². The molecule has 0 aromatic heterocycles. The standard InChI is InChI=1S/C21H35NO2/c1-19(23)10-11-21(3)14(12-19)4-6-16-17-7-5-15(13-22-24)20(17,2)9-8-18(16)21/h13-18,23-24H,4-12H2,1-3H3/t14-,15?,16-,17-,18-,19+,20+,21-/m0/s1. The van der Waals surface area contributed by atoms with Gasteiger partial charge in [-0.05, 0) is 99.2 Å². The minimum Gasteiger partial charge on any atom is -0.411 e. The van der Waals surface area contributed by atoms with Crippen LogP contribution in [0, 0.1) is 40.4 Å². The Hall–Kier alpha value is -0.570. The smallest absolute Gasteiger partial charge is 0.0622 e. The van der Waals surface area contributed by atoms with Crippen LogP contribution in [0.4, 0.5) is 0 Å². The molecule has 3 nitrogen and oxygen atoms in total. The molecule has 0 aliphatic heterocycles. The van der Waals surface area contributed by atoms with E-state index in [1.165, 1.54) is 44.9 Å². The quantitative estimate of drug-likeness (QED) is 0.409. The Morgan fingerprint density at radius 3 is 2.38 bits per heavy atom. The predicted molar refractivity (Wildman–Crippen MR) is 96.1 cm³/mol. The van der Waals surface area contributed by atoms with Crippen LogP contribution in [0.1, 0.15) is 78.6 Å². The van der Waals surface area contributed by atoms with Gasteiger partial charge in [-0.25, -0.2) is 0 Å². The van der Waals surface area contributed by atoms with Crippen molar-refractivity contribution in [3.8, 4) is 0 Å². The highest BCUT2D eigenvalue weighted by molar-refractivity contribution is 5.62. The van der Waals surface area contributed by atoms with E-state index >= 15 is 0 Å². The molecule has 0 saturated heterocycles. The van der Waals surface area contributed by atoms with Crippen molar-refractivity contribution in [3.05, 3.63) is 0 Å². The van der Waals surface area contributed by atoms with Crippen LogP contribution in [0.3, 0.4) is 0 Å². The molecule has 4 saturated carbocycles. The first-order valence-electron chi connectivity index (χ1n) is 10.2. The highest BCUT2D eigenvalue weighted by Gasteiger charge is 2.60. The molecule has 4 fully saturated rings. The topological polar surface area (TPSA) is 52.8 Å². The monoisotopic (exact) mass is 333 g/mol. The van der Waals surface area contributed by atoms with Gasteiger partial charge in [0.15, 0.2) is 0 Å². The van der Waals surface area contributed by atoms with Crippen LogP contribution < -0.4 is 0 Å². The fourth-order valence-electron chi connectivity index (χ4n) is 7.80. The minimum atomic E-state index is -0.434. The lowest BCUT2D eigenvalue weighted by molar-refractivity contribution is -0.143. The van der Waals surface area contributed by atoms with E-state index in [2.05, 4.69) is 19.0 Å². The fraction of sp³-hybridized carbons (Fsp3) is 0.952. The van der Waals surface area contributed by atoms with Crippen LogP contribution in [0.15, 0.2) is 5.16 Å². The Labute approximate surface area is 146 Å². The summed E-state index contributed by atoms with van der Waals surface area (Å²) in [6.07, 6.45) is 12.8. The summed E-state index contributed by atoms with van der Waals surface area (Å²) in [6, 6.07) is 0. The van der Waals surface area contributed by atoms with Crippen LogP contribution in [-0.4, -0.2) is 22.1 Å². The lowest BCUT2D eigenvalue weighted by Gasteiger charge is -2.61. The normalized spacial score (nSPS) is 57.4. The summed E-state index contributed by atoms with van der Waals surface area (Å²) in [5, 5.41) is 23.0. The zero-order chi connectivity index (χ0) is 17.2. The SMILES string of the molecule is C[C@@]1(O)CC[C@@]2(C)[C@@H](CC[C@@H]3[C@@H]2CC[C@]2(C)C(C=NO)CC[C@@H]32)C1. The number of oxime groups is 1. The van der Waals surface area contributed by atoms with E-state index in [0.29, 0.717) is 22.7 Å². The van der Waals surface area contributed by atoms with E-state index in [4.69, 9.17) is 5.21 Å². The molecule has 136 valence electrons. The van der Waals surface area contributed by atoms with E-state index in [-0.39, 0.29) is 0 Å². The Morgan fingerprint density at radius 2 is 1.62 bits per heavy atom. The third-order valence-electron chi connectivity index (χ3n) is 9.27. The zero-order valence-electron chi connectivity index (χ0n) is 15.7. The van der Waals surface area contributed by atoms with Gasteiger partial charge in [-0.15, -0.1) is 5.16 Å². The fourth-order valence-corrected chi connectivity index (χ4v) is 7.80. The van der Waals surface area contributed by atoms with E-state index in [1.807, 2.05) is 13.1 Å². The first-order valence-corrected chi connectivity index (χ1v) is 10.2. The molecule has 0 bridgehead atoms. The first-order chi connectivity index (χ1) is 11.3. The lowest BCUT2D eigenvalue weighted by atomic mass is 9.44. The van der Waals surface area contributed by atoms with Gasteiger partial charge >= 0.3 is 0 Å². The molecule has 0 aromatic carbocycles. The second kappa shape index (κ2) is 5.46. The summed E-state index contributed by atoms with van der Waals surface area (Å²) in [4.78, 5) is 0. The Bertz CT molecular complexity index is 530. The third-order valence-corrected chi connectivity index (χ3v) is 9.27. The Kier molecular flexibility index (Phi) is 3.84. The predicted octanol–water partition coefficient (Wildman–Crippen LogP) is 4.86. The van der Waals surface area contributed by atoms with Gasteiger partial charge in [-0.2, -0.15) is 0 Å². The average molecular weight is 334 g/mol. The van der Waals surface area contributed by atoms with Crippen molar-refractivity contribution in [1.29, 1.82) is 0 Å². The van der Waals surface area contributed by atoms with Crippen molar-refractivity contribution < 1.29 is 10.3 Å². The molecule has 0 aromatic rings. The number of nitrogens with zero attached hydrogens (tertiary/aromatic N) is 1. The molecule has 8 atom stereocenters. The maximum atomic E-state index is 10.6. The van der Waals surface area contributed by atoms with Gasteiger partial charge in [-0.1, -0.05) is 13.8 Å². The molecular weight excluding hydrogens is 298 g/mol. The van der Waals surface area contributed by atoms with Gasteiger partial charge in [0.2, 0.25) is 0 Å². The van der Waals surface area contributed by atoms with E-state index < -0.39 is 5.60 Å². The van der Waals surface area contributed by atoms with Crippen LogP contribution in [0.5, 0.6) is 0 Å². The molecule has 0 radical (unpaired) electrons. The number of fused-ring (bicyclic) bond motifs is 5. The van der Waals surface area contributed by atoms with Crippen molar-refractivity contribution >= 4 is 6.21 Å². The largest absolute Gasteiger partial charge is 0.411 e. The van der Waals surface area contributed by atoms with Gasteiger partial charge in [0.05, 0.1) is 5.60 Å². The first kappa shape index (κ1) is 16.9. The molecule has 4 aliphatic rings. The summed E-state index contributed by atoms with van der Waals surface area (Å²) in [5.41, 5.74) is 0.350. The number of aliphatic hydroxyl groups is 1. The molecule has 0 spiro atoms. The molecule has 24 heavy (non-hydrogen) atoms. The molecule has 3 heteroatoms. The van der Waals surface area contributed by atoms with Gasteiger partial charge < -0.3 is 10.3 Å². The molecule has 0 amide bonds. The summed E-state index contributed by atoms with van der Waals surface area (Å²) in [6.45, 7) is 7.06. The van der Waals surface area contributed by atoms with Gasteiger partial charge in [0.25, 0.3) is 0 Å². The van der Waals surface area contributed by atoms with Crippen molar-refractivity contribution in [3.63, 3.8) is 0 Å². The van der Waals surface area contributed by atoms with E-state index in [9.17, 15) is 5.11 Å². The highest BCUT2D eigenvalue weighted by atomic mass is 16.4. The van der Waals surface area contributed by atoms with Crippen molar-refractivity contribution in [2.24, 2.45) is 45.6 Å². The van der Waals surface area contributed by atoms with Crippen LogP contribution in [0.25, 0.3) is 0 Å². The van der Waals surface area contributed by atoms with Gasteiger partial charge in [0, 0.05) is 12.1 Å². The average Bonchev–Trinajstić information content (AvgIpc) is 2.85. The maximum Gasteiger partial charge on any atom is 0.0622 e. The third kappa shape index (κ3) is 2.29. The summed E-state index contributed by atoms with van der Waals surface area (Å²) >= 11 is 0. The van der Waals surface area contributed by atoms with E-state index in [1.54, 1.807) is 0 Å². The second-order valence-electron chi connectivity index (χ2n) is 10.4. The maximum absolute atomic E-state index is 10.6. The van der Waals surface area contributed by atoms with Gasteiger partial charge in [0.1, 0.15) is 0 Å². The summed E-state index contributed by atoms with van der Waals surface area (Å²) in [7, 11) is 0. The van der Waals surface area contributed by atoms with Crippen LogP contribution in [-0.2, 0) is 0 Å². The molecule has 1 unspecified atom stereocenters. The Morgan fingerprint density at radius 1 is 0.875 bits per heavy atom. The Balaban J connectivity index is 1.60. The zero-order valence-corrected chi connectivity index (χ0v) is 15.7. The number of hydrogen-bond acceptors (Lipinski definition) is 3. The highest BCUT2D eigenvalue weighted by Crippen LogP contribution is 2.67. The number of hydrogen-bond donors (Lipinski definition) is 2. The van der Waals surface area contributed by atoms with Crippen LogP contribution >= 0.6 is 0 Å². The summed E-state index contributed by atoms with van der Waals surface area (Å²) < 4.78 is 0. The van der Waals surface area contributed by atoms with Crippen molar-refractivity contribution in [1.82, 2.24) is 0 Å². The summed E-state index contributed by atoms with van der Waals surface area (Å²) in [5.74, 6) is 3.67. The molecular formula is C21H35NO2. The van der Waals surface area contributed by atoms with Crippen LogP contribution in [0.2, 0.25) is 0 Å². The molecule has 0 heterocycles. The molecule has 4 rings (SSSR count). The number of rotatable bonds is 1. The van der Waals surface area contributed by atoms with Crippen molar-refractivity contribution in [2.45, 2.75) is 84.2 Å². The van der Waals surface area contributed by atoms with Crippen molar-refractivity contribution in [2.75, 3.05) is 0 Å². The second-order valence-corrected chi connectivity index (χ2v) is 10.4. The minimum absolute atomic E-state index is 0.344. The van der Waals surface area contributed by atoms with E-state index in [0.717, 1.165) is 30.6 Å².